The summed E-state index contributed by atoms with van der Waals surface area (Å²) in [6.07, 6.45) is 1.79. The molecular formula is C14H18F2N2O. The molecule has 19 heavy (non-hydrogen) atoms. The van der Waals surface area contributed by atoms with Gasteiger partial charge in [0.1, 0.15) is 5.82 Å². The fraction of sp³-hybridized carbons (Fsp3) is 0.500. The van der Waals surface area contributed by atoms with E-state index >= 15 is 0 Å². The predicted octanol–water partition coefficient (Wildman–Crippen LogP) is 2.81. The highest BCUT2D eigenvalue weighted by Crippen LogP contribution is 2.27. The lowest BCUT2D eigenvalue weighted by Crippen LogP contribution is -2.39. The maximum absolute atomic E-state index is 13.9. The highest BCUT2D eigenvalue weighted by molar-refractivity contribution is 5.95. The number of carbonyl (C=O) groups is 1. The van der Waals surface area contributed by atoms with Crippen LogP contribution in [0.2, 0.25) is 0 Å². The van der Waals surface area contributed by atoms with Crippen LogP contribution >= 0.6 is 0 Å². The van der Waals surface area contributed by atoms with Gasteiger partial charge < -0.3 is 10.6 Å². The minimum atomic E-state index is -0.833. The van der Waals surface area contributed by atoms with E-state index in [1.165, 1.54) is 0 Å². The Kier molecular flexibility index (Phi) is 3.73. The van der Waals surface area contributed by atoms with Gasteiger partial charge in [-0.25, -0.2) is 8.78 Å². The quantitative estimate of drug-likeness (QED) is 0.838. The van der Waals surface area contributed by atoms with Crippen LogP contribution < -0.4 is 5.73 Å². The Morgan fingerprint density at radius 2 is 2.11 bits per heavy atom. The van der Waals surface area contributed by atoms with Crippen molar-refractivity contribution in [3.63, 3.8) is 0 Å². The molecule has 2 N–H and O–H groups in total. The second-order valence-electron chi connectivity index (χ2n) is 5.31. The molecule has 1 saturated heterocycles. The van der Waals surface area contributed by atoms with E-state index in [1.54, 1.807) is 4.90 Å². The number of nitrogens with zero attached hydrogens (tertiary/aromatic N) is 1. The lowest BCUT2D eigenvalue weighted by Gasteiger charge is -2.28. The molecule has 104 valence electrons. The first-order valence-electron chi connectivity index (χ1n) is 6.47. The van der Waals surface area contributed by atoms with Gasteiger partial charge >= 0.3 is 0 Å². The summed E-state index contributed by atoms with van der Waals surface area (Å²) in [6.45, 7) is 4.62. The Morgan fingerprint density at radius 3 is 2.74 bits per heavy atom. The molecular weight excluding hydrogens is 250 g/mol. The summed E-state index contributed by atoms with van der Waals surface area (Å²) in [7, 11) is 0. The van der Waals surface area contributed by atoms with Crippen LogP contribution in [0.15, 0.2) is 12.1 Å². The number of hydrogen-bond acceptors (Lipinski definition) is 2. The van der Waals surface area contributed by atoms with E-state index in [0.29, 0.717) is 12.5 Å². The number of nitrogen functional groups attached to an aromatic ring is 1. The molecule has 5 heteroatoms. The number of rotatable bonds is 2. The van der Waals surface area contributed by atoms with Crippen LogP contribution in [0.3, 0.4) is 0 Å². The summed E-state index contributed by atoms with van der Waals surface area (Å²) in [5, 5.41) is 0. The van der Waals surface area contributed by atoms with E-state index in [1.807, 2.05) is 13.8 Å². The van der Waals surface area contributed by atoms with E-state index in [9.17, 15) is 13.6 Å². The maximum Gasteiger partial charge on any atom is 0.257 e. The van der Waals surface area contributed by atoms with Gasteiger partial charge in [-0.15, -0.1) is 0 Å². The van der Waals surface area contributed by atoms with Gasteiger partial charge in [0, 0.05) is 12.6 Å². The molecule has 0 bridgehead atoms. The molecule has 0 saturated carbocycles. The van der Waals surface area contributed by atoms with E-state index < -0.39 is 17.5 Å². The van der Waals surface area contributed by atoms with E-state index in [-0.39, 0.29) is 17.3 Å². The van der Waals surface area contributed by atoms with E-state index in [2.05, 4.69) is 0 Å². The molecule has 0 spiro atoms. The zero-order valence-electron chi connectivity index (χ0n) is 11.1. The van der Waals surface area contributed by atoms with Gasteiger partial charge in [-0.3, -0.25) is 4.79 Å². The molecule has 1 aliphatic heterocycles. The average Bonchev–Trinajstić information content (AvgIpc) is 2.82. The number of anilines is 1. The fourth-order valence-corrected chi connectivity index (χ4v) is 2.66. The third kappa shape index (κ3) is 2.55. The number of nitrogens with two attached hydrogens (primary N) is 1. The van der Waals surface area contributed by atoms with Crippen molar-refractivity contribution in [1.29, 1.82) is 0 Å². The monoisotopic (exact) mass is 268 g/mol. The lowest BCUT2D eigenvalue weighted by molar-refractivity contribution is 0.0696. The Balaban J connectivity index is 2.34. The first-order valence-corrected chi connectivity index (χ1v) is 6.47. The van der Waals surface area contributed by atoms with Crippen molar-refractivity contribution >= 4 is 11.6 Å². The second-order valence-corrected chi connectivity index (χ2v) is 5.31. The summed E-state index contributed by atoms with van der Waals surface area (Å²) < 4.78 is 27.2. The van der Waals surface area contributed by atoms with Crippen molar-refractivity contribution in [3.05, 3.63) is 29.3 Å². The summed E-state index contributed by atoms with van der Waals surface area (Å²) in [6, 6.07) is 1.89. The second kappa shape index (κ2) is 5.15. The minimum Gasteiger partial charge on any atom is -0.396 e. The highest BCUT2D eigenvalue weighted by Gasteiger charge is 2.33. The molecule has 1 atom stereocenters. The van der Waals surface area contributed by atoms with Crippen LogP contribution in [0.1, 0.15) is 37.0 Å². The maximum atomic E-state index is 13.9. The van der Waals surface area contributed by atoms with Crippen molar-refractivity contribution in [1.82, 2.24) is 4.90 Å². The standard InChI is InChI=1S/C14H18F2N2O/c1-8(2)12-4-3-5-18(12)14(19)10-6-9(15)7-11(17)13(10)16/h6-8,12H,3-5,17H2,1-2H3. The minimum absolute atomic E-state index is 0.0800. The molecule has 1 unspecified atom stereocenters. The molecule has 2 rings (SSSR count). The molecule has 1 fully saturated rings. The zero-order chi connectivity index (χ0) is 14.2. The Hall–Kier alpha value is -1.65. The number of halogens is 2. The summed E-state index contributed by atoms with van der Waals surface area (Å²) in [4.78, 5) is 14.0. The van der Waals surface area contributed by atoms with Crippen LogP contribution in [0.4, 0.5) is 14.5 Å². The van der Waals surface area contributed by atoms with Gasteiger partial charge in [-0.05, 0) is 30.9 Å². The topological polar surface area (TPSA) is 46.3 Å². The largest absolute Gasteiger partial charge is 0.396 e. The molecule has 0 aliphatic carbocycles. The van der Waals surface area contributed by atoms with Crippen LogP contribution in [0.5, 0.6) is 0 Å². The fourth-order valence-electron chi connectivity index (χ4n) is 2.66. The normalized spacial score (nSPS) is 19.2. The van der Waals surface area contributed by atoms with Crippen molar-refractivity contribution < 1.29 is 13.6 Å². The molecule has 1 amide bonds. The summed E-state index contributed by atoms with van der Waals surface area (Å²) in [5.74, 6) is -1.70. The third-order valence-corrected chi connectivity index (χ3v) is 3.63. The van der Waals surface area contributed by atoms with Gasteiger partial charge in [0.2, 0.25) is 0 Å². The molecule has 1 aromatic rings. The number of amides is 1. The van der Waals surface area contributed by atoms with Gasteiger partial charge in [0.05, 0.1) is 11.3 Å². The van der Waals surface area contributed by atoms with Crippen LogP contribution in [-0.2, 0) is 0 Å². The molecule has 1 aromatic carbocycles. The molecule has 0 radical (unpaired) electrons. The third-order valence-electron chi connectivity index (χ3n) is 3.63. The van der Waals surface area contributed by atoms with Crippen molar-refractivity contribution in [2.75, 3.05) is 12.3 Å². The Labute approximate surface area is 111 Å². The summed E-state index contributed by atoms with van der Waals surface area (Å²) >= 11 is 0. The van der Waals surface area contributed by atoms with Gasteiger partial charge in [0.15, 0.2) is 5.82 Å². The number of hydrogen-bond donors (Lipinski definition) is 1. The summed E-state index contributed by atoms with van der Waals surface area (Å²) in [5.41, 5.74) is 4.76. The SMILES string of the molecule is CC(C)C1CCCN1C(=O)c1cc(F)cc(N)c1F. The average molecular weight is 268 g/mol. The van der Waals surface area contributed by atoms with Gasteiger partial charge in [0.25, 0.3) is 5.91 Å². The molecule has 3 nitrogen and oxygen atoms in total. The Bertz CT molecular complexity index is 502. The number of likely N-dealkylation sites (tertiary alicyclic amines) is 1. The predicted molar refractivity (Wildman–Crippen MR) is 69.7 cm³/mol. The first kappa shape index (κ1) is 13.8. The van der Waals surface area contributed by atoms with Crippen molar-refractivity contribution in [3.8, 4) is 0 Å². The van der Waals surface area contributed by atoms with Crippen molar-refractivity contribution in [2.45, 2.75) is 32.7 Å². The highest BCUT2D eigenvalue weighted by atomic mass is 19.1. The van der Waals surface area contributed by atoms with Crippen molar-refractivity contribution in [2.24, 2.45) is 5.92 Å². The zero-order valence-corrected chi connectivity index (χ0v) is 11.1. The van der Waals surface area contributed by atoms with Gasteiger partial charge in [-0.1, -0.05) is 13.8 Å². The van der Waals surface area contributed by atoms with Crippen LogP contribution in [-0.4, -0.2) is 23.4 Å². The van der Waals surface area contributed by atoms with E-state index in [4.69, 9.17) is 5.73 Å². The van der Waals surface area contributed by atoms with Crippen LogP contribution in [0, 0.1) is 17.6 Å². The Morgan fingerprint density at radius 1 is 1.42 bits per heavy atom. The molecule has 1 aliphatic rings. The molecule has 0 aromatic heterocycles. The van der Waals surface area contributed by atoms with Crippen LogP contribution in [0.25, 0.3) is 0 Å². The van der Waals surface area contributed by atoms with E-state index in [0.717, 1.165) is 25.0 Å². The van der Waals surface area contributed by atoms with Gasteiger partial charge in [-0.2, -0.15) is 0 Å². The first-order chi connectivity index (χ1) is 8.91. The number of benzene rings is 1. The smallest absolute Gasteiger partial charge is 0.257 e. The molecule has 1 heterocycles. The lowest BCUT2D eigenvalue weighted by atomic mass is 10.0. The number of carbonyl (C=O) groups excluding carboxylic acids is 1.